The van der Waals surface area contributed by atoms with E-state index in [2.05, 4.69) is 10.2 Å². The van der Waals surface area contributed by atoms with Crippen LogP contribution in [0.3, 0.4) is 0 Å². The predicted octanol–water partition coefficient (Wildman–Crippen LogP) is 2.38. The molecule has 0 spiro atoms. The topological polar surface area (TPSA) is 85.5 Å². The highest BCUT2D eigenvalue weighted by Gasteiger charge is 2.12. The van der Waals surface area contributed by atoms with Crippen molar-refractivity contribution in [2.24, 2.45) is 0 Å². The van der Waals surface area contributed by atoms with Crippen LogP contribution in [0.15, 0.2) is 27.8 Å². The average Bonchev–Trinajstić information content (AvgIpc) is 2.81. The second kappa shape index (κ2) is 5.75. The molecule has 0 unspecified atom stereocenters. The first-order chi connectivity index (χ1) is 9.10. The Hall–Kier alpha value is -2.02. The number of carboxylic acid groups (broad SMARTS) is 1. The van der Waals surface area contributed by atoms with E-state index in [9.17, 15) is 4.79 Å². The number of carbonyl (C=O) groups is 1. The molecular weight excluding hydrogens is 268 g/mol. The van der Waals surface area contributed by atoms with Gasteiger partial charge in [0.15, 0.2) is 0 Å². The second-order valence-corrected chi connectivity index (χ2v) is 4.64. The molecule has 0 aliphatic carbocycles. The molecule has 0 fully saturated rings. The summed E-state index contributed by atoms with van der Waals surface area (Å²) in [7, 11) is 1.44. The van der Waals surface area contributed by atoms with Gasteiger partial charge in [-0.05, 0) is 17.7 Å². The van der Waals surface area contributed by atoms with Crippen LogP contribution in [0.5, 0.6) is 5.75 Å². The highest BCUT2D eigenvalue weighted by Crippen LogP contribution is 2.26. The summed E-state index contributed by atoms with van der Waals surface area (Å²) in [6, 6.07) is 4.96. The maximum Gasteiger partial charge on any atom is 0.339 e. The number of methoxy groups -OCH3 is 1. The number of carboxylic acids is 1. The molecule has 0 bridgehead atoms. The van der Waals surface area contributed by atoms with Gasteiger partial charge in [-0.1, -0.05) is 17.8 Å². The summed E-state index contributed by atoms with van der Waals surface area (Å²) in [4.78, 5) is 11.0. The van der Waals surface area contributed by atoms with Crippen LogP contribution in [0.1, 0.15) is 21.8 Å². The fraction of sp³-hybridized carbons (Fsp3) is 0.250. The molecule has 1 N–H and O–H groups in total. The molecule has 0 aliphatic heterocycles. The second-order valence-electron chi connectivity index (χ2n) is 3.72. The lowest BCUT2D eigenvalue weighted by molar-refractivity contribution is 0.0693. The van der Waals surface area contributed by atoms with Gasteiger partial charge in [0.2, 0.25) is 5.89 Å². The predicted molar refractivity (Wildman–Crippen MR) is 68.5 cm³/mol. The zero-order chi connectivity index (χ0) is 13.8. The summed E-state index contributed by atoms with van der Waals surface area (Å²) in [6.45, 7) is 1.72. The van der Waals surface area contributed by atoms with E-state index in [-0.39, 0.29) is 5.56 Å². The zero-order valence-electron chi connectivity index (χ0n) is 10.4. The lowest BCUT2D eigenvalue weighted by Gasteiger charge is -2.06. The van der Waals surface area contributed by atoms with Crippen molar-refractivity contribution in [3.8, 4) is 5.75 Å². The third-order valence-electron chi connectivity index (χ3n) is 2.37. The molecule has 100 valence electrons. The molecule has 0 aliphatic rings. The summed E-state index contributed by atoms with van der Waals surface area (Å²) in [5.74, 6) is 0.440. The van der Waals surface area contributed by atoms with Gasteiger partial charge in [0.05, 0.1) is 7.11 Å². The van der Waals surface area contributed by atoms with E-state index in [0.29, 0.717) is 22.6 Å². The summed E-state index contributed by atoms with van der Waals surface area (Å²) < 4.78 is 10.3. The van der Waals surface area contributed by atoms with Crippen molar-refractivity contribution >= 4 is 17.7 Å². The Morgan fingerprint density at radius 1 is 1.47 bits per heavy atom. The number of hydrogen-bond donors (Lipinski definition) is 1. The van der Waals surface area contributed by atoms with E-state index in [0.717, 1.165) is 5.56 Å². The van der Waals surface area contributed by atoms with Crippen molar-refractivity contribution in [1.29, 1.82) is 0 Å². The first-order valence-electron chi connectivity index (χ1n) is 5.43. The molecule has 19 heavy (non-hydrogen) atoms. The molecule has 2 aromatic rings. The van der Waals surface area contributed by atoms with E-state index in [1.807, 2.05) is 0 Å². The average molecular weight is 280 g/mol. The molecule has 1 aromatic heterocycles. The standard InChI is InChI=1S/C12H12N2O4S/c1-7-13-14-12(18-7)19-6-8-3-4-9(11(15)16)10(5-8)17-2/h3-5H,6H2,1-2H3,(H,15,16). The summed E-state index contributed by atoms with van der Waals surface area (Å²) in [6.07, 6.45) is 0. The Labute approximate surface area is 113 Å². The Morgan fingerprint density at radius 3 is 2.84 bits per heavy atom. The highest BCUT2D eigenvalue weighted by molar-refractivity contribution is 7.98. The molecule has 0 amide bonds. The summed E-state index contributed by atoms with van der Waals surface area (Å²) in [5.41, 5.74) is 1.06. The van der Waals surface area contributed by atoms with E-state index in [4.69, 9.17) is 14.3 Å². The number of thioether (sulfide) groups is 1. The van der Waals surface area contributed by atoms with Crippen molar-refractivity contribution in [2.75, 3.05) is 7.11 Å². The third-order valence-corrected chi connectivity index (χ3v) is 3.26. The maximum atomic E-state index is 11.0. The van der Waals surface area contributed by atoms with Crippen molar-refractivity contribution in [3.05, 3.63) is 35.2 Å². The number of benzene rings is 1. The molecule has 0 atom stereocenters. The Morgan fingerprint density at radius 2 is 2.26 bits per heavy atom. The van der Waals surface area contributed by atoms with Crippen molar-refractivity contribution < 1.29 is 19.1 Å². The minimum absolute atomic E-state index is 0.143. The van der Waals surface area contributed by atoms with Gasteiger partial charge in [0.1, 0.15) is 11.3 Å². The van der Waals surface area contributed by atoms with Crippen molar-refractivity contribution in [1.82, 2.24) is 10.2 Å². The molecule has 0 saturated carbocycles. The van der Waals surface area contributed by atoms with Gasteiger partial charge in [0.25, 0.3) is 5.22 Å². The quantitative estimate of drug-likeness (QED) is 0.841. The van der Waals surface area contributed by atoms with Gasteiger partial charge < -0.3 is 14.3 Å². The van der Waals surface area contributed by atoms with Crippen LogP contribution in [0, 0.1) is 6.92 Å². The Balaban J connectivity index is 2.11. The number of aromatic carboxylic acids is 1. The molecule has 0 radical (unpaired) electrons. The Bertz CT molecular complexity index is 597. The van der Waals surface area contributed by atoms with Crippen LogP contribution in [-0.4, -0.2) is 28.4 Å². The van der Waals surface area contributed by atoms with Gasteiger partial charge in [-0.3, -0.25) is 0 Å². The first-order valence-corrected chi connectivity index (χ1v) is 6.42. The number of ether oxygens (including phenoxy) is 1. The van der Waals surface area contributed by atoms with Crippen LogP contribution < -0.4 is 4.74 Å². The van der Waals surface area contributed by atoms with E-state index >= 15 is 0 Å². The molecule has 0 saturated heterocycles. The minimum atomic E-state index is -1.01. The van der Waals surface area contributed by atoms with Crippen molar-refractivity contribution in [2.45, 2.75) is 17.9 Å². The largest absolute Gasteiger partial charge is 0.496 e. The molecule has 6 nitrogen and oxygen atoms in total. The van der Waals surface area contributed by atoms with Crippen LogP contribution in [0.4, 0.5) is 0 Å². The zero-order valence-corrected chi connectivity index (χ0v) is 11.2. The maximum absolute atomic E-state index is 11.0. The van der Waals surface area contributed by atoms with Crippen LogP contribution in [0.25, 0.3) is 0 Å². The normalized spacial score (nSPS) is 10.4. The van der Waals surface area contributed by atoms with Gasteiger partial charge in [-0.2, -0.15) is 0 Å². The van der Waals surface area contributed by atoms with Crippen LogP contribution >= 0.6 is 11.8 Å². The number of hydrogen-bond acceptors (Lipinski definition) is 6. The monoisotopic (exact) mass is 280 g/mol. The summed E-state index contributed by atoms with van der Waals surface area (Å²) >= 11 is 1.38. The first kappa shape index (κ1) is 13.4. The number of rotatable bonds is 5. The molecule has 1 aromatic carbocycles. The number of aryl methyl sites for hydroxylation is 1. The molecule has 7 heteroatoms. The fourth-order valence-corrected chi connectivity index (χ4v) is 2.23. The molecule has 1 heterocycles. The van der Waals surface area contributed by atoms with Crippen molar-refractivity contribution in [3.63, 3.8) is 0 Å². The van der Waals surface area contributed by atoms with E-state index in [1.165, 1.54) is 24.9 Å². The van der Waals surface area contributed by atoms with Crippen LogP contribution in [-0.2, 0) is 5.75 Å². The van der Waals surface area contributed by atoms with E-state index in [1.54, 1.807) is 19.1 Å². The number of aromatic nitrogens is 2. The van der Waals surface area contributed by atoms with Gasteiger partial charge >= 0.3 is 5.97 Å². The smallest absolute Gasteiger partial charge is 0.339 e. The SMILES string of the molecule is COc1cc(CSc2nnc(C)o2)ccc1C(=O)O. The number of nitrogens with zero attached hydrogens (tertiary/aromatic N) is 2. The minimum Gasteiger partial charge on any atom is -0.496 e. The summed E-state index contributed by atoms with van der Waals surface area (Å²) in [5, 5.41) is 17.1. The van der Waals surface area contributed by atoms with E-state index < -0.39 is 5.97 Å². The van der Waals surface area contributed by atoms with Gasteiger partial charge in [-0.15, -0.1) is 10.2 Å². The van der Waals surface area contributed by atoms with Crippen LogP contribution in [0.2, 0.25) is 0 Å². The highest BCUT2D eigenvalue weighted by atomic mass is 32.2. The molecule has 2 rings (SSSR count). The fourth-order valence-electron chi connectivity index (χ4n) is 1.48. The van der Waals surface area contributed by atoms with Gasteiger partial charge in [-0.25, -0.2) is 4.79 Å². The molecular formula is C12H12N2O4S. The lowest BCUT2D eigenvalue weighted by atomic mass is 10.1. The van der Waals surface area contributed by atoms with Gasteiger partial charge in [0, 0.05) is 12.7 Å². The third kappa shape index (κ3) is 3.25. The Kier molecular flexibility index (Phi) is 4.06. The lowest BCUT2D eigenvalue weighted by Crippen LogP contribution is -2.00.